The number of rotatable bonds is 6. The Balaban J connectivity index is 1.47. The summed E-state index contributed by atoms with van der Waals surface area (Å²) in [7, 11) is 0. The zero-order chi connectivity index (χ0) is 17.3. The average molecular weight is 352 g/mol. The predicted octanol–water partition coefficient (Wildman–Crippen LogP) is 3.53. The molecular weight excluding hydrogens is 332 g/mol. The number of carbonyl (C=O) groups excluding carboxylic acids is 1. The Hall–Kier alpha value is -2.47. The second-order valence-electron chi connectivity index (χ2n) is 6.69. The average Bonchev–Trinajstić information content (AvgIpc) is 3.01. The van der Waals surface area contributed by atoms with E-state index >= 15 is 0 Å². The number of amides is 1. The van der Waals surface area contributed by atoms with Gasteiger partial charge in [-0.25, -0.2) is 9.97 Å². The summed E-state index contributed by atoms with van der Waals surface area (Å²) < 4.78 is 2.09. The number of thiazole rings is 1. The SMILES string of the molecule is Cc1nc(-c2ccccc2)c(C(=O)NCC2(Cn3ccnc3)CC2)s1. The van der Waals surface area contributed by atoms with E-state index in [2.05, 4.69) is 19.9 Å². The van der Waals surface area contributed by atoms with Crippen LogP contribution in [0.4, 0.5) is 0 Å². The zero-order valence-electron chi connectivity index (χ0n) is 14.1. The third-order valence-corrected chi connectivity index (χ3v) is 5.62. The van der Waals surface area contributed by atoms with Gasteiger partial charge in [-0.15, -0.1) is 11.3 Å². The number of benzene rings is 1. The first-order valence-corrected chi connectivity index (χ1v) is 9.24. The lowest BCUT2D eigenvalue weighted by molar-refractivity contribution is 0.0947. The number of hydrogen-bond donors (Lipinski definition) is 1. The molecule has 1 amide bonds. The zero-order valence-corrected chi connectivity index (χ0v) is 14.9. The molecule has 0 aliphatic heterocycles. The first-order valence-electron chi connectivity index (χ1n) is 8.42. The van der Waals surface area contributed by atoms with E-state index in [0.717, 1.165) is 35.7 Å². The molecule has 0 spiro atoms. The Morgan fingerprint density at radius 1 is 1.32 bits per heavy atom. The molecule has 1 N–H and O–H groups in total. The van der Waals surface area contributed by atoms with Gasteiger partial charge >= 0.3 is 0 Å². The molecule has 0 radical (unpaired) electrons. The highest BCUT2D eigenvalue weighted by molar-refractivity contribution is 7.14. The number of imidazole rings is 1. The van der Waals surface area contributed by atoms with Gasteiger partial charge in [-0.3, -0.25) is 4.79 Å². The van der Waals surface area contributed by atoms with Crippen LogP contribution in [0.5, 0.6) is 0 Å². The summed E-state index contributed by atoms with van der Waals surface area (Å²) in [5, 5.41) is 4.04. The normalized spacial score (nSPS) is 15.1. The summed E-state index contributed by atoms with van der Waals surface area (Å²) >= 11 is 1.46. The number of nitrogens with zero attached hydrogens (tertiary/aromatic N) is 3. The number of hydrogen-bond acceptors (Lipinski definition) is 4. The lowest BCUT2D eigenvalue weighted by Crippen LogP contribution is -2.32. The van der Waals surface area contributed by atoms with E-state index < -0.39 is 0 Å². The number of aromatic nitrogens is 3. The second kappa shape index (κ2) is 6.44. The van der Waals surface area contributed by atoms with Crippen LogP contribution in [-0.4, -0.2) is 27.0 Å². The molecule has 1 aliphatic carbocycles. The summed E-state index contributed by atoms with van der Waals surface area (Å²) in [5.74, 6) is -0.0265. The molecule has 0 saturated heterocycles. The van der Waals surface area contributed by atoms with E-state index in [0.29, 0.717) is 11.4 Å². The number of carbonyl (C=O) groups is 1. The van der Waals surface area contributed by atoms with Gasteiger partial charge in [0.2, 0.25) is 0 Å². The van der Waals surface area contributed by atoms with Crippen molar-refractivity contribution in [2.24, 2.45) is 5.41 Å². The topological polar surface area (TPSA) is 59.8 Å². The molecular formula is C19H20N4OS. The Kier molecular flexibility index (Phi) is 4.13. The first kappa shape index (κ1) is 16.0. The van der Waals surface area contributed by atoms with Gasteiger partial charge in [-0.2, -0.15) is 0 Å². The van der Waals surface area contributed by atoms with Gasteiger partial charge in [0, 0.05) is 36.5 Å². The first-order chi connectivity index (χ1) is 12.2. The molecule has 4 rings (SSSR count). The molecule has 6 heteroatoms. The van der Waals surface area contributed by atoms with E-state index in [-0.39, 0.29) is 11.3 Å². The highest BCUT2D eigenvalue weighted by atomic mass is 32.1. The Bertz CT molecular complexity index is 866. The Morgan fingerprint density at radius 3 is 2.80 bits per heavy atom. The molecule has 0 atom stereocenters. The molecule has 2 heterocycles. The van der Waals surface area contributed by atoms with Crippen LogP contribution in [0.1, 0.15) is 27.5 Å². The van der Waals surface area contributed by atoms with Gasteiger partial charge < -0.3 is 9.88 Å². The lowest BCUT2D eigenvalue weighted by Gasteiger charge is -2.16. The van der Waals surface area contributed by atoms with Crippen molar-refractivity contribution in [1.82, 2.24) is 19.9 Å². The molecule has 3 aromatic rings. The van der Waals surface area contributed by atoms with Crippen molar-refractivity contribution in [1.29, 1.82) is 0 Å². The van der Waals surface area contributed by atoms with Crippen molar-refractivity contribution in [2.45, 2.75) is 26.3 Å². The van der Waals surface area contributed by atoms with Crippen LogP contribution in [0.25, 0.3) is 11.3 Å². The molecule has 128 valence electrons. The predicted molar refractivity (Wildman–Crippen MR) is 98.5 cm³/mol. The summed E-state index contributed by atoms with van der Waals surface area (Å²) in [5.41, 5.74) is 1.93. The third kappa shape index (κ3) is 3.49. The number of nitrogens with one attached hydrogen (secondary N) is 1. The minimum atomic E-state index is -0.0265. The van der Waals surface area contributed by atoms with Crippen molar-refractivity contribution >= 4 is 17.2 Å². The molecule has 0 bridgehead atoms. The summed E-state index contributed by atoms with van der Waals surface area (Å²) in [4.78, 5) is 22.1. The Morgan fingerprint density at radius 2 is 2.12 bits per heavy atom. The van der Waals surface area contributed by atoms with Crippen LogP contribution >= 0.6 is 11.3 Å². The molecule has 25 heavy (non-hydrogen) atoms. The van der Waals surface area contributed by atoms with Crippen LogP contribution in [0.2, 0.25) is 0 Å². The summed E-state index contributed by atoms with van der Waals surface area (Å²) in [6, 6.07) is 9.89. The monoisotopic (exact) mass is 352 g/mol. The molecule has 1 fully saturated rings. The van der Waals surface area contributed by atoms with Crippen molar-refractivity contribution in [3.8, 4) is 11.3 Å². The van der Waals surface area contributed by atoms with Crippen molar-refractivity contribution in [3.05, 3.63) is 58.9 Å². The molecule has 5 nitrogen and oxygen atoms in total. The fourth-order valence-corrected chi connectivity index (χ4v) is 3.91. The van der Waals surface area contributed by atoms with E-state index in [9.17, 15) is 4.79 Å². The van der Waals surface area contributed by atoms with E-state index in [1.54, 1.807) is 6.20 Å². The van der Waals surface area contributed by atoms with Crippen molar-refractivity contribution in [2.75, 3.05) is 6.54 Å². The van der Waals surface area contributed by atoms with Gasteiger partial charge in [0.15, 0.2) is 0 Å². The maximum absolute atomic E-state index is 12.8. The van der Waals surface area contributed by atoms with Gasteiger partial charge in [-0.05, 0) is 19.8 Å². The van der Waals surface area contributed by atoms with E-state index in [1.807, 2.05) is 49.8 Å². The maximum Gasteiger partial charge on any atom is 0.263 e. The minimum Gasteiger partial charge on any atom is -0.351 e. The molecule has 1 aliphatic rings. The van der Waals surface area contributed by atoms with Gasteiger partial charge in [0.1, 0.15) is 4.88 Å². The maximum atomic E-state index is 12.8. The Labute approximate surface area is 150 Å². The van der Waals surface area contributed by atoms with Gasteiger partial charge in [-0.1, -0.05) is 30.3 Å². The smallest absolute Gasteiger partial charge is 0.263 e. The summed E-state index contributed by atoms with van der Waals surface area (Å²) in [6.45, 7) is 3.53. The summed E-state index contributed by atoms with van der Waals surface area (Å²) in [6.07, 6.45) is 7.88. The van der Waals surface area contributed by atoms with Crippen LogP contribution in [-0.2, 0) is 6.54 Å². The fourth-order valence-electron chi connectivity index (χ4n) is 3.06. The third-order valence-electron chi connectivity index (χ3n) is 4.65. The van der Waals surface area contributed by atoms with Gasteiger partial charge in [0.05, 0.1) is 17.0 Å². The molecule has 1 aromatic carbocycles. The van der Waals surface area contributed by atoms with Crippen molar-refractivity contribution in [3.63, 3.8) is 0 Å². The van der Waals surface area contributed by atoms with Crippen LogP contribution in [0.3, 0.4) is 0 Å². The van der Waals surface area contributed by atoms with E-state index in [1.165, 1.54) is 11.3 Å². The fraction of sp³-hybridized carbons (Fsp3) is 0.316. The molecule has 2 aromatic heterocycles. The standard InChI is InChI=1S/C19H20N4OS/c1-14-22-16(15-5-3-2-4-6-15)17(25-14)18(24)21-11-19(7-8-19)12-23-10-9-20-13-23/h2-6,9-10,13H,7-8,11-12H2,1H3,(H,21,24). The highest BCUT2D eigenvalue weighted by Crippen LogP contribution is 2.46. The molecule has 1 saturated carbocycles. The highest BCUT2D eigenvalue weighted by Gasteiger charge is 2.43. The lowest BCUT2D eigenvalue weighted by atomic mass is 10.1. The minimum absolute atomic E-state index is 0.0265. The largest absolute Gasteiger partial charge is 0.351 e. The second-order valence-corrected chi connectivity index (χ2v) is 7.90. The molecule has 0 unspecified atom stereocenters. The number of aryl methyl sites for hydroxylation is 1. The van der Waals surface area contributed by atoms with E-state index in [4.69, 9.17) is 0 Å². The quantitative estimate of drug-likeness (QED) is 0.738. The van der Waals surface area contributed by atoms with Gasteiger partial charge in [0.25, 0.3) is 5.91 Å². The van der Waals surface area contributed by atoms with Crippen LogP contribution < -0.4 is 5.32 Å². The van der Waals surface area contributed by atoms with Crippen molar-refractivity contribution < 1.29 is 4.79 Å². The van der Waals surface area contributed by atoms with Crippen LogP contribution in [0, 0.1) is 12.3 Å². The van der Waals surface area contributed by atoms with Crippen LogP contribution in [0.15, 0.2) is 49.1 Å².